The Morgan fingerprint density at radius 2 is 2.09 bits per heavy atom. The molecular formula is C14H16N2O6S. The molecule has 3 heterocycles. The molecule has 0 bridgehead atoms. The minimum Gasteiger partial charge on any atom is -0.463 e. The lowest BCUT2D eigenvalue weighted by molar-refractivity contribution is 0.0558. The molecule has 2 aromatic heterocycles. The number of esters is 1. The molecule has 0 amide bonds. The average Bonchev–Trinajstić information content (AvgIpc) is 3.26. The van der Waals surface area contributed by atoms with Gasteiger partial charge in [0.05, 0.1) is 13.3 Å². The van der Waals surface area contributed by atoms with Crippen LogP contribution in [0, 0.1) is 0 Å². The number of piperidine rings is 1. The van der Waals surface area contributed by atoms with E-state index in [9.17, 15) is 13.2 Å². The van der Waals surface area contributed by atoms with Gasteiger partial charge >= 0.3 is 5.97 Å². The number of methoxy groups -OCH3 is 1. The van der Waals surface area contributed by atoms with Crippen LogP contribution in [0.25, 0.3) is 0 Å². The van der Waals surface area contributed by atoms with Crippen LogP contribution >= 0.6 is 0 Å². The second kappa shape index (κ2) is 6.17. The Labute approximate surface area is 133 Å². The van der Waals surface area contributed by atoms with E-state index < -0.39 is 16.0 Å². The predicted octanol–water partition coefficient (Wildman–Crippen LogP) is 1.62. The van der Waals surface area contributed by atoms with Gasteiger partial charge in [0.2, 0.25) is 10.9 Å². The summed E-state index contributed by atoms with van der Waals surface area (Å²) in [7, 11) is -2.57. The van der Waals surface area contributed by atoms with Crippen molar-refractivity contribution in [2.75, 3.05) is 20.2 Å². The van der Waals surface area contributed by atoms with Gasteiger partial charge in [-0.1, -0.05) is 0 Å². The number of hydrogen-bond acceptors (Lipinski definition) is 7. The maximum atomic E-state index is 12.5. The number of nitrogens with zero attached hydrogens (tertiary/aromatic N) is 2. The number of ether oxygens (including phenoxy) is 1. The lowest BCUT2D eigenvalue weighted by Crippen LogP contribution is -2.37. The van der Waals surface area contributed by atoms with Crippen LogP contribution < -0.4 is 0 Å². The maximum Gasteiger partial charge on any atom is 0.374 e. The van der Waals surface area contributed by atoms with Gasteiger partial charge in [-0.25, -0.2) is 18.2 Å². The zero-order valence-corrected chi connectivity index (χ0v) is 13.3. The van der Waals surface area contributed by atoms with Crippen LogP contribution in [0.2, 0.25) is 0 Å². The van der Waals surface area contributed by atoms with E-state index in [1.807, 2.05) is 0 Å². The van der Waals surface area contributed by atoms with Crippen molar-refractivity contribution in [1.29, 1.82) is 0 Å². The molecule has 0 aromatic carbocycles. The molecule has 124 valence electrons. The van der Waals surface area contributed by atoms with Crippen molar-refractivity contribution in [2.24, 2.45) is 0 Å². The predicted molar refractivity (Wildman–Crippen MR) is 77.3 cm³/mol. The first kappa shape index (κ1) is 15.8. The van der Waals surface area contributed by atoms with Gasteiger partial charge < -0.3 is 13.6 Å². The quantitative estimate of drug-likeness (QED) is 0.779. The highest BCUT2D eigenvalue weighted by atomic mass is 32.2. The van der Waals surface area contributed by atoms with Crippen LogP contribution in [-0.2, 0) is 14.8 Å². The van der Waals surface area contributed by atoms with Crippen molar-refractivity contribution in [2.45, 2.75) is 23.9 Å². The Morgan fingerprint density at radius 1 is 1.35 bits per heavy atom. The van der Waals surface area contributed by atoms with Crippen molar-refractivity contribution in [3.8, 4) is 0 Å². The van der Waals surface area contributed by atoms with E-state index in [0.717, 1.165) is 0 Å². The van der Waals surface area contributed by atoms with Crippen LogP contribution in [0.4, 0.5) is 0 Å². The number of oxazole rings is 1. The van der Waals surface area contributed by atoms with Crippen LogP contribution in [0.3, 0.4) is 0 Å². The number of aromatic nitrogens is 1. The van der Waals surface area contributed by atoms with E-state index in [-0.39, 0.29) is 16.8 Å². The summed E-state index contributed by atoms with van der Waals surface area (Å²) >= 11 is 0. The molecule has 1 saturated heterocycles. The van der Waals surface area contributed by atoms with E-state index >= 15 is 0 Å². The summed E-state index contributed by atoms with van der Waals surface area (Å²) < 4.78 is 41.3. The van der Waals surface area contributed by atoms with Crippen molar-refractivity contribution in [3.05, 3.63) is 36.2 Å². The number of rotatable bonds is 4. The number of sulfonamides is 1. The molecule has 8 nitrogen and oxygen atoms in total. The zero-order valence-electron chi connectivity index (χ0n) is 12.5. The summed E-state index contributed by atoms with van der Waals surface area (Å²) in [4.78, 5) is 15.5. The highest BCUT2D eigenvalue weighted by Crippen LogP contribution is 2.30. The summed E-state index contributed by atoms with van der Waals surface area (Å²) in [6.45, 7) is 0.674. The second-order valence-electron chi connectivity index (χ2n) is 5.16. The lowest BCUT2D eigenvalue weighted by atomic mass is 9.98. The molecule has 0 unspecified atom stereocenters. The highest BCUT2D eigenvalue weighted by Gasteiger charge is 2.33. The van der Waals surface area contributed by atoms with Gasteiger partial charge in [0.15, 0.2) is 5.89 Å². The molecule has 3 rings (SSSR count). The monoisotopic (exact) mass is 340 g/mol. The molecule has 0 atom stereocenters. The van der Waals surface area contributed by atoms with Crippen molar-refractivity contribution >= 4 is 16.0 Å². The minimum absolute atomic E-state index is 0.110. The smallest absolute Gasteiger partial charge is 0.374 e. The van der Waals surface area contributed by atoms with Crippen molar-refractivity contribution in [1.82, 2.24) is 9.29 Å². The average molecular weight is 340 g/mol. The first-order chi connectivity index (χ1) is 11.0. The lowest BCUT2D eigenvalue weighted by Gasteiger charge is -2.28. The number of carbonyl (C=O) groups is 1. The molecule has 23 heavy (non-hydrogen) atoms. The first-order valence-corrected chi connectivity index (χ1v) is 8.54. The largest absolute Gasteiger partial charge is 0.463 e. The molecule has 1 fully saturated rings. The van der Waals surface area contributed by atoms with E-state index in [0.29, 0.717) is 31.8 Å². The van der Waals surface area contributed by atoms with Crippen LogP contribution in [0.1, 0.15) is 35.2 Å². The fraction of sp³-hybridized carbons (Fsp3) is 0.429. The molecule has 0 N–H and O–H groups in total. The van der Waals surface area contributed by atoms with E-state index in [1.165, 1.54) is 29.8 Å². The Kier molecular flexibility index (Phi) is 4.22. The number of furan rings is 1. The van der Waals surface area contributed by atoms with Crippen LogP contribution in [0.15, 0.2) is 38.5 Å². The maximum absolute atomic E-state index is 12.5. The van der Waals surface area contributed by atoms with Gasteiger partial charge in [-0.05, 0) is 25.0 Å². The molecule has 0 saturated carbocycles. The molecule has 0 radical (unpaired) electrons. The van der Waals surface area contributed by atoms with E-state index in [2.05, 4.69) is 9.72 Å². The van der Waals surface area contributed by atoms with E-state index in [1.54, 1.807) is 6.20 Å². The summed E-state index contributed by atoms with van der Waals surface area (Å²) in [6.07, 6.45) is 4.32. The van der Waals surface area contributed by atoms with Gasteiger partial charge in [-0.3, -0.25) is 0 Å². The molecule has 0 aliphatic carbocycles. The number of hydrogen-bond donors (Lipinski definition) is 0. The van der Waals surface area contributed by atoms with Crippen LogP contribution in [0.5, 0.6) is 0 Å². The molecule has 1 aliphatic rings. The third-order valence-electron chi connectivity index (χ3n) is 3.82. The molecule has 0 spiro atoms. The Hall–Kier alpha value is -2.13. The Balaban J connectivity index is 1.71. The SMILES string of the molecule is COC(=O)c1ccc(S(=O)(=O)N2CCC(c3ncco3)CC2)o1. The fourth-order valence-electron chi connectivity index (χ4n) is 2.58. The summed E-state index contributed by atoms with van der Waals surface area (Å²) in [5.74, 6) is -0.110. The molecule has 1 aliphatic heterocycles. The second-order valence-corrected chi connectivity index (χ2v) is 7.03. The summed E-state index contributed by atoms with van der Waals surface area (Å²) in [6, 6.07) is 2.56. The topological polar surface area (TPSA) is 103 Å². The third kappa shape index (κ3) is 3.02. The Bertz CT molecular complexity index is 772. The Morgan fingerprint density at radius 3 is 2.70 bits per heavy atom. The summed E-state index contributed by atoms with van der Waals surface area (Å²) in [5.41, 5.74) is 0. The fourth-order valence-corrected chi connectivity index (χ4v) is 3.96. The minimum atomic E-state index is -3.77. The van der Waals surface area contributed by atoms with Gasteiger partial charge in [0.25, 0.3) is 10.0 Å². The van der Waals surface area contributed by atoms with E-state index in [4.69, 9.17) is 8.83 Å². The van der Waals surface area contributed by atoms with Crippen LogP contribution in [-0.4, -0.2) is 43.9 Å². The molecular weight excluding hydrogens is 324 g/mol. The highest BCUT2D eigenvalue weighted by molar-refractivity contribution is 7.89. The van der Waals surface area contributed by atoms with Gasteiger partial charge in [-0.2, -0.15) is 4.31 Å². The van der Waals surface area contributed by atoms with Crippen molar-refractivity contribution in [3.63, 3.8) is 0 Å². The molecule has 2 aromatic rings. The third-order valence-corrected chi connectivity index (χ3v) is 5.59. The molecule has 9 heteroatoms. The normalized spacial score (nSPS) is 17.3. The summed E-state index contributed by atoms with van der Waals surface area (Å²) in [5, 5.41) is -0.257. The van der Waals surface area contributed by atoms with Gasteiger partial charge in [0.1, 0.15) is 6.26 Å². The standard InChI is InChI=1S/C14H16N2O6S/c1-20-14(17)11-2-3-12(22-11)23(18,19)16-7-4-10(5-8-16)13-15-6-9-21-13/h2-3,6,9-10H,4-5,7-8H2,1H3. The zero-order chi connectivity index (χ0) is 16.4. The van der Waals surface area contributed by atoms with Gasteiger partial charge in [0, 0.05) is 19.0 Å². The first-order valence-electron chi connectivity index (χ1n) is 7.10. The number of carbonyl (C=O) groups excluding carboxylic acids is 1. The van der Waals surface area contributed by atoms with Crippen molar-refractivity contribution < 1.29 is 26.8 Å². The van der Waals surface area contributed by atoms with Gasteiger partial charge in [-0.15, -0.1) is 0 Å².